The van der Waals surface area contributed by atoms with Crippen LogP contribution in [0.15, 0.2) is 48.8 Å². The first-order chi connectivity index (χ1) is 17.4. The maximum Gasteiger partial charge on any atom is 0.339 e. The molecule has 1 saturated carbocycles. The smallest absolute Gasteiger partial charge is 0.339 e. The van der Waals surface area contributed by atoms with Crippen LogP contribution >= 0.6 is 11.6 Å². The predicted molar refractivity (Wildman–Crippen MR) is 132 cm³/mol. The normalized spacial score (nSPS) is 14.8. The summed E-state index contributed by atoms with van der Waals surface area (Å²) in [5.74, 6) is -1.24. The number of carbonyl (C=O) groups is 2. The number of nitrogens with zero attached hydrogens (tertiary/aromatic N) is 2. The molecule has 1 aliphatic rings. The van der Waals surface area contributed by atoms with Crippen molar-refractivity contribution < 1.29 is 28.6 Å². The quantitative estimate of drug-likeness (QED) is 0.351. The van der Waals surface area contributed by atoms with E-state index in [1.807, 2.05) is 0 Å². The van der Waals surface area contributed by atoms with Gasteiger partial charge in [-0.1, -0.05) is 49.8 Å². The first-order valence-electron chi connectivity index (χ1n) is 11.7. The van der Waals surface area contributed by atoms with Crippen molar-refractivity contribution in [3.8, 4) is 17.4 Å². The highest BCUT2D eigenvalue weighted by Gasteiger charge is 2.29. The number of para-hydroxylation sites is 1. The van der Waals surface area contributed by atoms with E-state index < -0.39 is 17.8 Å². The van der Waals surface area contributed by atoms with Gasteiger partial charge in [0.05, 0.1) is 23.9 Å². The average Bonchev–Trinajstić information content (AvgIpc) is 3.25. The number of rotatable bonds is 8. The minimum atomic E-state index is -0.774. The SMILES string of the molecule is COC(=O)c1ccc(NC(=O)[C@H](CC2CCCCC2)n2cc(Oc3c(F)cccc3Cl)cc2O)nc1. The highest BCUT2D eigenvalue weighted by atomic mass is 35.5. The molecule has 2 aromatic heterocycles. The second kappa shape index (κ2) is 11.4. The van der Waals surface area contributed by atoms with Gasteiger partial charge in [0.15, 0.2) is 17.4 Å². The zero-order chi connectivity index (χ0) is 25.7. The topological polar surface area (TPSA) is 103 Å². The van der Waals surface area contributed by atoms with Gasteiger partial charge in [-0.05, 0) is 36.6 Å². The molecule has 1 fully saturated rings. The van der Waals surface area contributed by atoms with Gasteiger partial charge >= 0.3 is 5.97 Å². The van der Waals surface area contributed by atoms with Crippen molar-refractivity contribution in [2.75, 3.05) is 12.4 Å². The molecule has 190 valence electrons. The lowest BCUT2D eigenvalue weighted by atomic mass is 9.84. The van der Waals surface area contributed by atoms with Crippen LogP contribution in [0.25, 0.3) is 0 Å². The van der Waals surface area contributed by atoms with Crippen LogP contribution < -0.4 is 10.1 Å². The molecule has 0 aliphatic heterocycles. The van der Waals surface area contributed by atoms with E-state index in [-0.39, 0.29) is 39.7 Å². The number of pyridine rings is 1. The molecule has 10 heteroatoms. The molecule has 1 amide bonds. The lowest BCUT2D eigenvalue weighted by Gasteiger charge is -2.27. The molecule has 4 rings (SSSR count). The van der Waals surface area contributed by atoms with Gasteiger partial charge in [-0.2, -0.15) is 0 Å². The predicted octanol–water partition coefficient (Wildman–Crippen LogP) is 6.11. The highest BCUT2D eigenvalue weighted by molar-refractivity contribution is 6.32. The van der Waals surface area contributed by atoms with Gasteiger partial charge in [0.1, 0.15) is 17.6 Å². The van der Waals surface area contributed by atoms with Crippen LogP contribution in [0.2, 0.25) is 5.02 Å². The molecule has 0 saturated heterocycles. The first-order valence-corrected chi connectivity index (χ1v) is 12.1. The van der Waals surface area contributed by atoms with E-state index in [1.165, 1.54) is 66.9 Å². The highest BCUT2D eigenvalue weighted by Crippen LogP contribution is 2.38. The molecule has 3 aromatic rings. The molecule has 2 N–H and O–H groups in total. The lowest BCUT2D eigenvalue weighted by molar-refractivity contribution is -0.120. The number of esters is 1. The van der Waals surface area contributed by atoms with Gasteiger partial charge in [0.2, 0.25) is 5.91 Å². The monoisotopic (exact) mass is 515 g/mol. The fourth-order valence-electron chi connectivity index (χ4n) is 4.45. The first kappa shape index (κ1) is 25.5. The maximum atomic E-state index is 14.2. The van der Waals surface area contributed by atoms with E-state index in [1.54, 1.807) is 0 Å². The van der Waals surface area contributed by atoms with Crippen LogP contribution in [0.4, 0.5) is 10.2 Å². The number of halogens is 2. The fraction of sp³-hybridized carbons (Fsp3) is 0.346. The molecular weight excluding hydrogens is 489 g/mol. The second-order valence-electron chi connectivity index (χ2n) is 8.76. The van der Waals surface area contributed by atoms with Crippen molar-refractivity contribution in [1.82, 2.24) is 9.55 Å². The van der Waals surface area contributed by atoms with E-state index in [9.17, 15) is 19.1 Å². The van der Waals surface area contributed by atoms with Gasteiger partial charge in [0, 0.05) is 12.3 Å². The van der Waals surface area contributed by atoms with Gasteiger partial charge < -0.3 is 24.5 Å². The van der Waals surface area contributed by atoms with Crippen molar-refractivity contribution in [3.05, 3.63) is 65.2 Å². The van der Waals surface area contributed by atoms with Crippen molar-refractivity contribution in [3.63, 3.8) is 0 Å². The zero-order valence-electron chi connectivity index (χ0n) is 19.7. The molecule has 2 heterocycles. The standard InChI is InChI=1S/C26H27ClFN3O5/c1-35-26(34)17-10-11-22(29-14-17)30-25(33)21(12-16-6-3-2-4-7-16)31-15-18(13-23(31)32)36-24-19(27)8-5-9-20(24)28/h5,8-11,13-16,21,32H,2-4,6-7,12H2,1H3,(H,29,30,33)/t21-/m0/s1. The molecule has 0 radical (unpaired) electrons. The summed E-state index contributed by atoms with van der Waals surface area (Å²) >= 11 is 6.06. The summed E-state index contributed by atoms with van der Waals surface area (Å²) in [4.78, 5) is 29.2. The van der Waals surface area contributed by atoms with E-state index in [4.69, 9.17) is 16.3 Å². The summed E-state index contributed by atoms with van der Waals surface area (Å²) in [6, 6.07) is 7.72. The number of anilines is 1. The molecule has 8 nitrogen and oxygen atoms in total. The number of amides is 1. The van der Waals surface area contributed by atoms with Gasteiger partial charge in [-0.15, -0.1) is 0 Å². The number of aromatic hydroxyl groups is 1. The summed E-state index contributed by atoms with van der Waals surface area (Å²) in [6.07, 6.45) is 8.60. The van der Waals surface area contributed by atoms with Crippen LogP contribution in [-0.2, 0) is 9.53 Å². The molecule has 0 unspecified atom stereocenters. The molecule has 1 aliphatic carbocycles. The Kier molecular flexibility index (Phi) is 8.10. The van der Waals surface area contributed by atoms with E-state index in [2.05, 4.69) is 15.0 Å². The Morgan fingerprint density at radius 1 is 1.25 bits per heavy atom. The van der Waals surface area contributed by atoms with Crippen molar-refractivity contribution in [1.29, 1.82) is 0 Å². The molecule has 0 spiro atoms. The number of aromatic nitrogens is 2. The Hall–Kier alpha value is -3.59. The Morgan fingerprint density at radius 2 is 2.03 bits per heavy atom. The Morgan fingerprint density at radius 3 is 2.69 bits per heavy atom. The molecular formula is C26H27ClFN3O5. The second-order valence-corrected chi connectivity index (χ2v) is 9.17. The fourth-order valence-corrected chi connectivity index (χ4v) is 4.65. The van der Waals surface area contributed by atoms with E-state index in [0.29, 0.717) is 12.3 Å². The number of methoxy groups -OCH3 is 1. The van der Waals surface area contributed by atoms with E-state index >= 15 is 0 Å². The lowest BCUT2D eigenvalue weighted by Crippen LogP contribution is -2.28. The summed E-state index contributed by atoms with van der Waals surface area (Å²) < 4.78 is 25.9. The van der Waals surface area contributed by atoms with Crippen LogP contribution in [0.1, 0.15) is 54.9 Å². The van der Waals surface area contributed by atoms with Gasteiger partial charge in [0.25, 0.3) is 0 Å². The number of benzene rings is 1. The third kappa shape index (κ3) is 5.96. The third-order valence-electron chi connectivity index (χ3n) is 6.30. The molecule has 1 atom stereocenters. The third-order valence-corrected chi connectivity index (χ3v) is 6.59. The molecule has 36 heavy (non-hydrogen) atoms. The van der Waals surface area contributed by atoms with Crippen molar-refractivity contribution in [2.45, 2.75) is 44.6 Å². The minimum absolute atomic E-state index is 0.0835. The molecule has 0 bridgehead atoms. The molecule has 1 aromatic carbocycles. The van der Waals surface area contributed by atoms with Crippen LogP contribution in [0.5, 0.6) is 17.4 Å². The summed E-state index contributed by atoms with van der Waals surface area (Å²) in [5.41, 5.74) is 0.255. The number of hydrogen-bond donors (Lipinski definition) is 2. The minimum Gasteiger partial charge on any atom is -0.494 e. The summed E-state index contributed by atoms with van der Waals surface area (Å²) in [6.45, 7) is 0. The van der Waals surface area contributed by atoms with Gasteiger partial charge in [-0.3, -0.25) is 4.79 Å². The zero-order valence-corrected chi connectivity index (χ0v) is 20.5. The summed E-state index contributed by atoms with van der Waals surface area (Å²) in [7, 11) is 1.27. The Labute approximate surface area is 213 Å². The van der Waals surface area contributed by atoms with Crippen LogP contribution in [0, 0.1) is 11.7 Å². The largest absolute Gasteiger partial charge is 0.494 e. The van der Waals surface area contributed by atoms with E-state index in [0.717, 1.165) is 25.7 Å². The maximum absolute atomic E-state index is 14.2. The van der Waals surface area contributed by atoms with Crippen LogP contribution in [-0.4, -0.2) is 33.6 Å². The Balaban J connectivity index is 1.58. The number of carbonyl (C=O) groups excluding carboxylic acids is 2. The Bertz CT molecular complexity index is 1200. The average molecular weight is 516 g/mol. The van der Waals surface area contributed by atoms with Crippen molar-refractivity contribution in [2.24, 2.45) is 5.92 Å². The van der Waals surface area contributed by atoms with Crippen LogP contribution in [0.3, 0.4) is 0 Å². The summed E-state index contributed by atoms with van der Waals surface area (Å²) in [5, 5.41) is 13.5. The number of nitrogens with one attached hydrogen (secondary N) is 1. The number of ether oxygens (including phenoxy) is 2. The van der Waals surface area contributed by atoms with Crippen molar-refractivity contribution >= 4 is 29.3 Å². The van der Waals surface area contributed by atoms with Gasteiger partial charge in [-0.25, -0.2) is 14.2 Å². The number of hydrogen-bond acceptors (Lipinski definition) is 6.